The Morgan fingerprint density at radius 2 is 1.34 bits per heavy atom. The third kappa shape index (κ3) is 2.70. The number of nitrogens with zero attached hydrogens (tertiary/aromatic N) is 2. The number of carbonyl (C=O) groups excluding carboxylic acids is 2. The summed E-state index contributed by atoms with van der Waals surface area (Å²) in [6, 6.07) is 9.89. The standard InChI is InChI=1S/C23H26N2O4/c1-13(2)11-23(12-14(3)4)24(28)18-10-9-17-19(20(18)25(23)29)22(27)16-8-6-5-7-15(16)21(17)26/h5-10,13-14,28-29H,11-12H2,1-4H3. The second-order valence-electron chi connectivity index (χ2n) is 8.86. The maximum absolute atomic E-state index is 13.3. The van der Waals surface area contributed by atoms with Gasteiger partial charge < -0.3 is 0 Å². The van der Waals surface area contributed by atoms with E-state index in [1.54, 1.807) is 36.4 Å². The topological polar surface area (TPSA) is 81.1 Å². The molecule has 0 saturated heterocycles. The van der Waals surface area contributed by atoms with E-state index < -0.39 is 5.66 Å². The number of rotatable bonds is 4. The van der Waals surface area contributed by atoms with Gasteiger partial charge in [-0.05, 0) is 36.8 Å². The van der Waals surface area contributed by atoms with Crippen molar-refractivity contribution in [3.8, 4) is 0 Å². The number of hydroxylamine groups is 2. The molecule has 2 N–H and O–H groups in total. The van der Waals surface area contributed by atoms with Crippen LogP contribution in [0.2, 0.25) is 0 Å². The summed E-state index contributed by atoms with van der Waals surface area (Å²) in [7, 11) is 0. The molecule has 0 amide bonds. The van der Waals surface area contributed by atoms with Crippen LogP contribution in [0, 0.1) is 11.8 Å². The van der Waals surface area contributed by atoms with Crippen LogP contribution in [0.4, 0.5) is 11.4 Å². The summed E-state index contributed by atoms with van der Waals surface area (Å²) in [4.78, 5) is 26.4. The average molecular weight is 394 g/mol. The van der Waals surface area contributed by atoms with Gasteiger partial charge in [0.15, 0.2) is 17.2 Å². The molecular weight excluding hydrogens is 368 g/mol. The van der Waals surface area contributed by atoms with E-state index in [-0.39, 0.29) is 40.2 Å². The largest absolute Gasteiger partial charge is 0.289 e. The summed E-state index contributed by atoms with van der Waals surface area (Å²) < 4.78 is 0. The second kappa shape index (κ2) is 6.68. The van der Waals surface area contributed by atoms with Crippen LogP contribution in [-0.2, 0) is 0 Å². The van der Waals surface area contributed by atoms with Crippen molar-refractivity contribution in [1.29, 1.82) is 0 Å². The van der Waals surface area contributed by atoms with Crippen molar-refractivity contribution in [3.63, 3.8) is 0 Å². The number of benzene rings is 2. The molecule has 0 saturated carbocycles. The van der Waals surface area contributed by atoms with Crippen LogP contribution in [0.15, 0.2) is 36.4 Å². The van der Waals surface area contributed by atoms with E-state index in [2.05, 4.69) is 0 Å². The van der Waals surface area contributed by atoms with Crippen molar-refractivity contribution in [2.24, 2.45) is 11.8 Å². The van der Waals surface area contributed by atoms with Crippen LogP contribution < -0.4 is 10.1 Å². The third-order valence-electron chi connectivity index (χ3n) is 5.74. The van der Waals surface area contributed by atoms with Crippen molar-refractivity contribution >= 4 is 22.9 Å². The number of hydrogen-bond acceptors (Lipinski definition) is 6. The molecule has 152 valence electrons. The van der Waals surface area contributed by atoms with Gasteiger partial charge in [0.1, 0.15) is 5.69 Å². The summed E-state index contributed by atoms with van der Waals surface area (Å²) in [5.74, 6) is -0.201. The molecule has 0 atom stereocenters. The molecule has 1 heterocycles. The highest BCUT2D eigenvalue weighted by Crippen LogP contribution is 2.52. The van der Waals surface area contributed by atoms with E-state index in [1.807, 2.05) is 27.7 Å². The van der Waals surface area contributed by atoms with Gasteiger partial charge in [-0.1, -0.05) is 52.0 Å². The molecule has 6 nitrogen and oxygen atoms in total. The first-order valence-corrected chi connectivity index (χ1v) is 10.0. The minimum atomic E-state index is -1.10. The fraction of sp³-hybridized carbons (Fsp3) is 0.391. The lowest BCUT2D eigenvalue weighted by Gasteiger charge is -2.42. The Kier molecular flexibility index (Phi) is 4.52. The van der Waals surface area contributed by atoms with Gasteiger partial charge in [-0.25, -0.2) is 10.1 Å². The normalized spacial score (nSPS) is 17.1. The number of carbonyl (C=O) groups is 2. The van der Waals surface area contributed by atoms with Crippen molar-refractivity contribution in [2.75, 3.05) is 10.1 Å². The highest BCUT2D eigenvalue weighted by molar-refractivity contribution is 6.31. The summed E-state index contributed by atoms with van der Waals surface area (Å²) >= 11 is 0. The van der Waals surface area contributed by atoms with Gasteiger partial charge >= 0.3 is 0 Å². The Bertz CT molecular complexity index is 1000. The van der Waals surface area contributed by atoms with Crippen molar-refractivity contribution in [1.82, 2.24) is 0 Å². The lowest BCUT2D eigenvalue weighted by Crippen LogP contribution is -2.56. The Morgan fingerprint density at radius 1 is 0.793 bits per heavy atom. The van der Waals surface area contributed by atoms with Gasteiger partial charge in [-0.2, -0.15) is 0 Å². The molecule has 2 aromatic rings. The predicted octanol–water partition coefficient (Wildman–Crippen LogP) is 4.66. The molecule has 0 radical (unpaired) electrons. The number of hydrogen-bond donors (Lipinski definition) is 2. The molecule has 2 aromatic carbocycles. The third-order valence-corrected chi connectivity index (χ3v) is 5.74. The highest BCUT2D eigenvalue weighted by atomic mass is 16.6. The fourth-order valence-electron chi connectivity index (χ4n) is 4.80. The zero-order chi connectivity index (χ0) is 21.1. The van der Waals surface area contributed by atoms with Gasteiger partial charge in [-0.3, -0.25) is 20.0 Å². The molecular formula is C23H26N2O4. The molecule has 0 aromatic heterocycles. The van der Waals surface area contributed by atoms with Crippen LogP contribution in [-0.4, -0.2) is 27.6 Å². The van der Waals surface area contributed by atoms with Crippen molar-refractivity contribution < 1.29 is 20.0 Å². The SMILES string of the molecule is CC(C)CC1(CC(C)C)N(O)c2ccc3c(c2N1O)C(=O)c1ccccc1C3=O. The Labute approximate surface area is 170 Å². The molecule has 6 heteroatoms. The van der Waals surface area contributed by atoms with E-state index in [4.69, 9.17) is 0 Å². The lowest BCUT2D eigenvalue weighted by atomic mass is 9.83. The average Bonchev–Trinajstić information content (AvgIpc) is 2.86. The molecule has 0 spiro atoms. The van der Waals surface area contributed by atoms with Gasteiger partial charge in [0.25, 0.3) is 0 Å². The maximum Gasteiger partial charge on any atom is 0.196 e. The van der Waals surface area contributed by atoms with E-state index in [1.165, 1.54) is 0 Å². The molecule has 1 aliphatic carbocycles. The van der Waals surface area contributed by atoms with Gasteiger partial charge in [-0.15, -0.1) is 0 Å². The molecule has 4 rings (SSSR count). The number of ketones is 2. The van der Waals surface area contributed by atoms with E-state index in [9.17, 15) is 20.0 Å². The Morgan fingerprint density at radius 3 is 1.90 bits per heavy atom. The molecule has 1 aliphatic heterocycles. The molecule has 2 aliphatic rings. The van der Waals surface area contributed by atoms with Gasteiger partial charge in [0.2, 0.25) is 0 Å². The summed E-state index contributed by atoms with van der Waals surface area (Å²) in [5, 5.41) is 24.6. The maximum atomic E-state index is 13.3. The smallest absolute Gasteiger partial charge is 0.196 e. The van der Waals surface area contributed by atoms with Crippen LogP contribution in [0.25, 0.3) is 0 Å². The van der Waals surface area contributed by atoms with Gasteiger partial charge in [0, 0.05) is 16.7 Å². The predicted molar refractivity (Wildman–Crippen MR) is 110 cm³/mol. The summed E-state index contributed by atoms with van der Waals surface area (Å²) in [5.41, 5.74) is 0.546. The molecule has 0 fully saturated rings. The Hall–Kier alpha value is -2.70. The monoisotopic (exact) mass is 394 g/mol. The van der Waals surface area contributed by atoms with E-state index in [0.29, 0.717) is 29.7 Å². The minimum absolute atomic E-state index is 0.155. The van der Waals surface area contributed by atoms with Gasteiger partial charge in [0.05, 0.1) is 11.3 Å². The van der Waals surface area contributed by atoms with E-state index >= 15 is 0 Å². The first kappa shape index (κ1) is 19.6. The first-order chi connectivity index (χ1) is 13.7. The molecule has 0 unspecified atom stereocenters. The zero-order valence-corrected chi connectivity index (χ0v) is 17.1. The number of fused-ring (bicyclic) bond motifs is 4. The first-order valence-electron chi connectivity index (χ1n) is 10.0. The van der Waals surface area contributed by atoms with Crippen molar-refractivity contribution in [3.05, 3.63) is 58.7 Å². The van der Waals surface area contributed by atoms with E-state index in [0.717, 1.165) is 10.1 Å². The fourth-order valence-corrected chi connectivity index (χ4v) is 4.80. The Balaban J connectivity index is 1.94. The second-order valence-corrected chi connectivity index (χ2v) is 8.86. The minimum Gasteiger partial charge on any atom is -0.289 e. The highest BCUT2D eigenvalue weighted by Gasteiger charge is 2.53. The van der Waals surface area contributed by atoms with Crippen LogP contribution in [0.5, 0.6) is 0 Å². The zero-order valence-electron chi connectivity index (χ0n) is 17.1. The summed E-state index contributed by atoms with van der Waals surface area (Å²) in [6.45, 7) is 8.08. The quantitative estimate of drug-likeness (QED) is 0.670. The molecule has 0 bridgehead atoms. The number of anilines is 2. The summed E-state index contributed by atoms with van der Waals surface area (Å²) in [6.07, 6.45) is 0.973. The van der Waals surface area contributed by atoms with Crippen LogP contribution in [0.1, 0.15) is 72.4 Å². The van der Waals surface area contributed by atoms with Crippen LogP contribution >= 0.6 is 0 Å². The lowest BCUT2D eigenvalue weighted by molar-refractivity contribution is 0.0493. The molecule has 29 heavy (non-hydrogen) atoms. The van der Waals surface area contributed by atoms with Crippen LogP contribution in [0.3, 0.4) is 0 Å². The van der Waals surface area contributed by atoms with Crippen molar-refractivity contribution in [2.45, 2.75) is 46.2 Å².